The number of rotatable bonds is 9. The van der Waals surface area contributed by atoms with Gasteiger partial charge in [-0.15, -0.1) is 0 Å². The molecular formula is C64H44N2. The summed E-state index contributed by atoms with van der Waals surface area (Å²) in [7, 11) is 0. The molecule has 0 aliphatic rings. The maximum Gasteiger partial charge on any atom is 0.0619 e. The molecule has 0 bridgehead atoms. The van der Waals surface area contributed by atoms with E-state index in [1.807, 2.05) is 0 Å². The van der Waals surface area contributed by atoms with Gasteiger partial charge in [0, 0.05) is 39.0 Å². The zero-order valence-corrected chi connectivity index (χ0v) is 36.3. The molecule has 0 spiro atoms. The molecule has 0 saturated carbocycles. The molecule has 2 heteroatoms. The van der Waals surface area contributed by atoms with E-state index in [4.69, 9.17) is 0 Å². The molecule has 12 aromatic rings. The minimum atomic E-state index is 1.08. The van der Waals surface area contributed by atoms with Gasteiger partial charge in [0.15, 0.2) is 0 Å². The lowest BCUT2D eigenvalue weighted by atomic mass is 9.93. The van der Waals surface area contributed by atoms with Crippen LogP contribution in [0, 0.1) is 0 Å². The lowest BCUT2D eigenvalue weighted by Gasteiger charge is -2.29. The van der Waals surface area contributed by atoms with Crippen LogP contribution in [-0.4, -0.2) is 4.57 Å². The predicted molar refractivity (Wildman–Crippen MR) is 280 cm³/mol. The summed E-state index contributed by atoms with van der Waals surface area (Å²) in [4.78, 5) is 2.43. The first kappa shape index (κ1) is 38.9. The largest absolute Gasteiger partial charge is 0.310 e. The molecule has 0 amide bonds. The molecule has 0 saturated heterocycles. The number of para-hydroxylation sites is 3. The number of nitrogens with zero attached hydrogens (tertiary/aromatic N) is 2. The van der Waals surface area contributed by atoms with Crippen molar-refractivity contribution in [3.8, 4) is 61.3 Å². The van der Waals surface area contributed by atoms with E-state index in [2.05, 4.69) is 276 Å². The minimum Gasteiger partial charge on any atom is -0.310 e. The quantitative estimate of drug-likeness (QED) is 0.141. The topological polar surface area (TPSA) is 8.17 Å². The van der Waals surface area contributed by atoms with Crippen LogP contribution in [0.15, 0.2) is 267 Å². The molecule has 11 aromatic carbocycles. The maximum atomic E-state index is 2.43. The number of aromatic nitrogens is 1. The summed E-state index contributed by atoms with van der Waals surface area (Å²) >= 11 is 0. The number of benzene rings is 11. The van der Waals surface area contributed by atoms with E-state index in [-0.39, 0.29) is 0 Å². The van der Waals surface area contributed by atoms with E-state index in [0.29, 0.717) is 0 Å². The van der Waals surface area contributed by atoms with E-state index >= 15 is 0 Å². The third-order valence-electron chi connectivity index (χ3n) is 13.0. The summed E-state index contributed by atoms with van der Waals surface area (Å²) in [5, 5.41) is 4.97. The molecule has 66 heavy (non-hydrogen) atoms. The Labute approximate surface area is 385 Å². The van der Waals surface area contributed by atoms with Gasteiger partial charge in [-0.2, -0.15) is 0 Å². The van der Waals surface area contributed by atoms with Crippen molar-refractivity contribution < 1.29 is 0 Å². The Bertz CT molecular complexity index is 3660. The number of hydrogen-bond acceptors (Lipinski definition) is 1. The van der Waals surface area contributed by atoms with Crippen molar-refractivity contribution in [3.05, 3.63) is 267 Å². The van der Waals surface area contributed by atoms with Crippen LogP contribution in [0.3, 0.4) is 0 Å². The molecule has 0 radical (unpaired) electrons. The normalized spacial score (nSPS) is 11.3. The lowest BCUT2D eigenvalue weighted by molar-refractivity contribution is 1.18. The Morgan fingerprint density at radius 1 is 0.273 bits per heavy atom. The standard InChI is InChI=1S/C64H44N2/c1-4-17-45(18-5-1)47-33-38-54(39-34-47)65(55-40-35-49(36-41-55)57-29-15-22-48-21-10-11-27-56(48)57)63-44-50(46-19-6-2-7-20-46)37-42-58(63)51-23-14-24-52(43-51)59-30-16-31-61-60-28-12-13-32-62(60)66(64(59)61)53-25-8-3-9-26-53/h1-44H. The van der Waals surface area contributed by atoms with E-state index in [9.17, 15) is 0 Å². The first-order chi connectivity index (χ1) is 32.7. The van der Waals surface area contributed by atoms with Crippen LogP contribution in [0.25, 0.3) is 93.9 Å². The van der Waals surface area contributed by atoms with Crippen molar-refractivity contribution in [2.45, 2.75) is 0 Å². The summed E-state index contributed by atoms with van der Waals surface area (Å²) in [6.07, 6.45) is 0. The molecule has 0 aliphatic heterocycles. The van der Waals surface area contributed by atoms with Gasteiger partial charge in [-0.25, -0.2) is 0 Å². The summed E-state index contributed by atoms with van der Waals surface area (Å²) in [5.74, 6) is 0. The molecule has 1 aromatic heterocycles. The second kappa shape index (κ2) is 16.8. The van der Waals surface area contributed by atoms with Gasteiger partial charge in [0.25, 0.3) is 0 Å². The lowest BCUT2D eigenvalue weighted by Crippen LogP contribution is -2.11. The number of hydrogen-bond donors (Lipinski definition) is 0. The Balaban J connectivity index is 1.06. The third-order valence-corrected chi connectivity index (χ3v) is 13.0. The SMILES string of the molecule is c1ccc(-c2ccc(N(c3ccc(-c4cccc5ccccc45)cc3)c3cc(-c4ccccc4)ccc3-c3cccc(-c4cccc5c6ccccc6n(-c6ccccc6)c45)c3)cc2)cc1. The van der Waals surface area contributed by atoms with Crippen molar-refractivity contribution >= 4 is 49.6 Å². The van der Waals surface area contributed by atoms with Gasteiger partial charge in [0.05, 0.1) is 16.7 Å². The van der Waals surface area contributed by atoms with Gasteiger partial charge < -0.3 is 9.47 Å². The average molecular weight is 841 g/mol. The van der Waals surface area contributed by atoms with Gasteiger partial charge in [0.2, 0.25) is 0 Å². The van der Waals surface area contributed by atoms with Gasteiger partial charge in [-0.3, -0.25) is 0 Å². The zero-order chi connectivity index (χ0) is 43.8. The summed E-state index contributed by atoms with van der Waals surface area (Å²) < 4.78 is 2.43. The fraction of sp³-hybridized carbons (Fsp3) is 0. The monoisotopic (exact) mass is 840 g/mol. The van der Waals surface area contributed by atoms with E-state index in [0.717, 1.165) is 45.0 Å². The van der Waals surface area contributed by atoms with E-state index in [1.54, 1.807) is 0 Å². The van der Waals surface area contributed by atoms with Crippen LogP contribution >= 0.6 is 0 Å². The fourth-order valence-corrected chi connectivity index (χ4v) is 9.85. The summed E-state index contributed by atoms with van der Waals surface area (Å²) in [6, 6.07) is 97.0. The first-order valence-electron chi connectivity index (χ1n) is 22.7. The second-order valence-electron chi connectivity index (χ2n) is 16.9. The van der Waals surface area contributed by atoms with E-state index in [1.165, 1.54) is 66.0 Å². The first-order valence-corrected chi connectivity index (χ1v) is 22.7. The van der Waals surface area contributed by atoms with Crippen LogP contribution in [0.2, 0.25) is 0 Å². The highest BCUT2D eigenvalue weighted by atomic mass is 15.1. The van der Waals surface area contributed by atoms with E-state index < -0.39 is 0 Å². The molecule has 0 fully saturated rings. The molecule has 0 N–H and O–H groups in total. The highest BCUT2D eigenvalue weighted by Gasteiger charge is 2.21. The summed E-state index contributed by atoms with van der Waals surface area (Å²) in [6.45, 7) is 0. The van der Waals surface area contributed by atoms with Crippen molar-refractivity contribution in [2.75, 3.05) is 4.90 Å². The highest BCUT2D eigenvalue weighted by Crippen LogP contribution is 2.46. The molecule has 12 rings (SSSR count). The average Bonchev–Trinajstić information content (AvgIpc) is 3.74. The zero-order valence-electron chi connectivity index (χ0n) is 36.3. The van der Waals surface area contributed by atoms with Crippen molar-refractivity contribution in [1.82, 2.24) is 4.57 Å². The predicted octanol–water partition coefficient (Wildman–Crippen LogP) is 17.7. The highest BCUT2D eigenvalue weighted by molar-refractivity contribution is 6.14. The Kier molecular flexibility index (Phi) is 9.89. The third kappa shape index (κ3) is 7.02. The molecule has 1 heterocycles. The smallest absolute Gasteiger partial charge is 0.0619 e. The minimum absolute atomic E-state index is 1.08. The van der Waals surface area contributed by atoms with Gasteiger partial charge in [0.1, 0.15) is 0 Å². The van der Waals surface area contributed by atoms with Crippen LogP contribution < -0.4 is 4.90 Å². The molecule has 0 unspecified atom stereocenters. The Morgan fingerprint density at radius 3 is 1.48 bits per heavy atom. The molecule has 0 atom stereocenters. The number of anilines is 3. The van der Waals surface area contributed by atoms with Crippen molar-refractivity contribution in [3.63, 3.8) is 0 Å². The van der Waals surface area contributed by atoms with Crippen LogP contribution in [0.1, 0.15) is 0 Å². The maximum absolute atomic E-state index is 2.43. The Morgan fingerprint density at radius 2 is 0.758 bits per heavy atom. The Hall–Kier alpha value is -8.72. The van der Waals surface area contributed by atoms with Crippen LogP contribution in [0.4, 0.5) is 17.1 Å². The molecular weight excluding hydrogens is 797 g/mol. The summed E-state index contributed by atoms with van der Waals surface area (Å²) in [5.41, 5.74) is 18.5. The van der Waals surface area contributed by atoms with Gasteiger partial charge in [-0.1, -0.05) is 212 Å². The van der Waals surface area contributed by atoms with Gasteiger partial charge in [-0.05, 0) is 110 Å². The van der Waals surface area contributed by atoms with Crippen LogP contribution in [0.5, 0.6) is 0 Å². The van der Waals surface area contributed by atoms with Crippen LogP contribution in [-0.2, 0) is 0 Å². The second-order valence-corrected chi connectivity index (χ2v) is 16.9. The van der Waals surface area contributed by atoms with Crippen molar-refractivity contribution in [1.29, 1.82) is 0 Å². The molecule has 2 nitrogen and oxygen atoms in total. The van der Waals surface area contributed by atoms with Crippen molar-refractivity contribution in [2.24, 2.45) is 0 Å². The molecule has 310 valence electrons. The fourth-order valence-electron chi connectivity index (χ4n) is 9.85. The number of fused-ring (bicyclic) bond motifs is 4. The molecule has 0 aliphatic carbocycles. The van der Waals surface area contributed by atoms with Gasteiger partial charge >= 0.3 is 0 Å².